The highest BCUT2D eigenvalue weighted by atomic mass is 16.5. The summed E-state index contributed by atoms with van der Waals surface area (Å²) in [5, 5.41) is 0. The van der Waals surface area contributed by atoms with Gasteiger partial charge in [0.2, 0.25) is 5.91 Å². The molecule has 2 aliphatic rings. The van der Waals surface area contributed by atoms with Crippen LogP contribution < -0.4 is 9.64 Å². The van der Waals surface area contributed by atoms with Crippen molar-refractivity contribution in [3.63, 3.8) is 0 Å². The third kappa shape index (κ3) is 4.51. The maximum Gasteiger partial charge on any atom is 0.249 e. The molecule has 1 aromatic heterocycles. The van der Waals surface area contributed by atoms with Gasteiger partial charge in [0.05, 0.1) is 13.2 Å². The molecular weight excluding hydrogens is 392 g/mol. The van der Waals surface area contributed by atoms with Crippen molar-refractivity contribution in [2.45, 2.75) is 45.1 Å². The van der Waals surface area contributed by atoms with E-state index in [1.807, 2.05) is 17.0 Å². The van der Waals surface area contributed by atoms with Crippen LogP contribution in [0, 0.1) is 6.92 Å². The lowest BCUT2D eigenvalue weighted by Gasteiger charge is -2.32. The number of anilines is 1. The van der Waals surface area contributed by atoms with Gasteiger partial charge < -0.3 is 19.3 Å². The van der Waals surface area contributed by atoms with E-state index in [4.69, 9.17) is 19.4 Å². The molecular formula is C24H32N4O3. The summed E-state index contributed by atoms with van der Waals surface area (Å²) in [7, 11) is 3.28. The molecule has 0 bridgehead atoms. The Bertz CT molecular complexity index is 933. The van der Waals surface area contributed by atoms with Gasteiger partial charge in [-0.2, -0.15) is 0 Å². The molecule has 2 aromatic rings. The van der Waals surface area contributed by atoms with E-state index >= 15 is 0 Å². The first kappa shape index (κ1) is 21.6. The number of ether oxygens (including phenoxy) is 2. The molecule has 2 aliphatic heterocycles. The van der Waals surface area contributed by atoms with Gasteiger partial charge in [-0.3, -0.25) is 4.79 Å². The van der Waals surface area contributed by atoms with Crippen LogP contribution in [-0.2, 0) is 22.4 Å². The minimum absolute atomic E-state index is 0.0111. The van der Waals surface area contributed by atoms with Crippen LogP contribution >= 0.6 is 0 Å². The normalized spacial score (nSPS) is 18.2. The molecule has 0 aliphatic carbocycles. The molecule has 7 heteroatoms. The second-order valence-corrected chi connectivity index (χ2v) is 8.30. The number of aryl methyl sites for hydroxylation is 1. The van der Waals surface area contributed by atoms with Crippen LogP contribution in [0.2, 0.25) is 0 Å². The summed E-state index contributed by atoms with van der Waals surface area (Å²) in [6.45, 7) is 4.77. The number of rotatable bonds is 7. The molecule has 7 nitrogen and oxygen atoms in total. The smallest absolute Gasteiger partial charge is 0.249 e. The molecule has 1 atom stereocenters. The molecule has 1 unspecified atom stereocenters. The second kappa shape index (κ2) is 9.64. The molecule has 0 N–H and O–H groups in total. The van der Waals surface area contributed by atoms with E-state index in [1.54, 1.807) is 14.2 Å². The summed E-state index contributed by atoms with van der Waals surface area (Å²) in [6, 6.07) is 8.12. The summed E-state index contributed by atoms with van der Waals surface area (Å²) in [4.78, 5) is 26.6. The van der Waals surface area contributed by atoms with Gasteiger partial charge in [-0.1, -0.05) is 18.2 Å². The lowest BCUT2D eigenvalue weighted by molar-refractivity contribution is -0.136. The number of carbonyl (C=O) groups excluding carboxylic acids is 1. The van der Waals surface area contributed by atoms with Crippen molar-refractivity contribution in [2.75, 3.05) is 45.4 Å². The van der Waals surface area contributed by atoms with Crippen molar-refractivity contribution in [3.8, 4) is 5.75 Å². The first-order valence-electron chi connectivity index (χ1n) is 11.1. The van der Waals surface area contributed by atoms with Gasteiger partial charge in [-0.05, 0) is 50.7 Å². The Hall–Kier alpha value is -2.67. The number of amides is 1. The van der Waals surface area contributed by atoms with Gasteiger partial charge in [-0.25, -0.2) is 9.97 Å². The molecule has 0 radical (unpaired) electrons. The van der Waals surface area contributed by atoms with Crippen LogP contribution in [0.1, 0.15) is 47.9 Å². The van der Waals surface area contributed by atoms with Crippen LogP contribution in [0.25, 0.3) is 0 Å². The number of hydrogen-bond donors (Lipinski definition) is 0. The minimum atomic E-state index is -0.0651. The van der Waals surface area contributed by atoms with Gasteiger partial charge in [-0.15, -0.1) is 0 Å². The third-order valence-corrected chi connectivity index (χ3v) is 6.35. The van der Waals surface area contributed by atoms with Crippen molar-refractivity contribution in [1.82, 2.24) is 14.9 Å². The fourth-order valence-corrected chi connectivity index (χ4v) is 4.78. The molecule has 1 saturated heterocycles. The Morgan fingerprint density at radius 1 is 1.16 bits per heavy atom. The molecule has 166 valence electrons. The molecule has 3 heterocycles. The first-order chi connectivity index (χ1) is 15.1. The number of benzene rings is 1. The van der Waals surface area contributed by atoms with Crippen LogP contribution in [0.4, 0.5) is 5.82 Å². The molecule has 31 heavy (non-hydrogen) atoms. The predicted octanol–water partition coefficient (Wildman–Crippen LogP) is 3.10. The van der Waals surface area contributed by atoms with Crippen molar-refractivity contribution in [3.05, 3.63) is 46.9 Å². The highest BCUT2D eigenvalue weighted by Crippen LogP contribution is 2.34. The quantitative estimate of drug-likeness (QED) is 0.680. The number of nitrogens with zero attached hydrogens (tertiary/aromatic N) is 4. The summed E-state index contributed by atoms with van der Waals surface area (Å²) in [5.41, 5.74) is 3.48. The third-order valence-electron chi connectivity index (χ3n) is 6.35. The first-order valence-corrected chi connectivity index (χ1v) is 11.1. The molecule has 0 saturated carbocycles. The molecule has 1 fully saturated rings. The molecule has 0 spiro atoms. The fourth-order valence-electron chi connectivity index (χ4n) is 4.78. The maximum absolute atomic E-state index is 12.5. The van der Waals surface area contributed by atoms with E-state index in [9.17, 15) is 4.79 Å². The van der Waals surface area contributed by atoms with E-state index < -0.39 is 0 Å². The molecule has 1 amide bonds. The zero-order valence-corrected chi connectivity index (χ0v) is 18.8. The van der Waals surface area contributed by atoms with Crippen LogP contribution in [0.3, 0.4) is 0 Å². The highest BCUT2D eigenvalue weighted by molar-refractivity contribution is 5.78. The summed E-state index contributed by atoms with van der Waals surface area (Å²) < 4.78 is 10.6. The molecule has 4 rings (SSSR count). The highest BCUT2D eigenvalue weighted by Gasteiger charge is 2.33. The van der Waals surface area contributed by atoms with Gasteiger partial charge in [0.1, 0.15) is 18.2 Å². The van der Waals surface area contributed by atoms with Gasteiger partial charge in [0.15, 0.2) is 5.82 Å². The van der Waals surface area contributed by atoms with Crippen LogP contribution in [-0.4, -0.2) is 61.2 Å². The lowest BCUT2D eigenvalue weighted by atomic mass is 10.0. The average molecular weight is 425 g/mol. The number of para-hydroxylation sites is 1. The van der Waals surface area contributed by atoms with Crippen molar-refractivity contribution < 1.29 is 14.3 Å². The SMILES string of the molecule is COCC(=O)N1CCCC1c1nc(C)c2c(n1)N(CCc1ccccc1OC)CCC2. The maximum atomic E-state index is 12.5. The zero-order chi connectivity index (χ0) is 21.8. The monoisotopic (exact) mass is 424 g/mol. The number of likely N-dealkylation sites (tertiary alicyclic amines) is 1. The minimum Gasteiger partial charge on any atom is -0.496 e. The van der Waals surface area contributed by atoms with E-state index in [0.717, 1.165) is 74.8 Å². The Kier molecular flexibility index (Phi) is 6.70. The number of fused-ring (bicyclic) bond motifs is 1. The number of methoxy groups -OCH3 is 2. The Morgan fingerprint density at radius 2 is 2.00 bits per heavy atom. The van der Waals surface area contributed by atoms with Gasteiger partial charge >= 0.3 is 0 Å². The fraction of sp³-hybridized carbons (Fsp3) is 0.542. The molecule has 1 aromatic carbocycles. The lowest BCUT2D eigenvalue weighted by Crippen LogP contribution is -2.36. The number of carbonyl (C=O) groups is 1. The summed E-state index contributed by atoms with van der Waals surface area (Å²) >= 11 is 0. The average Bonchev–Trinajstić information content (AvgIpc) is 3.28. The summed E-state index contributed by atoms with van der Waals surface area (Å²) in [6.07, 6.45) is 4.86. The van der Waals surface area contributed by atoms with Crippen LogP contribution in [0.5, 0.6) is 5.75 Å². The van der Waals surface area contributed by atoms with Crippen molar-refractivity contribution in [1.29, 1.82) is 0 Å². The topological polar surface area (TPSA) is 67.8 Å². The van der Waals surface area contributed by atoms with E-state index in [-0.39, 0.29) is 18.6 Å². The van der Waals surface area contributed by atoms with Gasteiger partial charge in [0.25, 0.3) is 0 Å². The number of hydrogen-bond acceptors (Lipinski definition) is 6. The Morgan fingerprint density at radius 3 is 2.81 bits per heavy atom. The van der Waals surface area contributed by atoms with Gasteiger partial charge in [0, 0.05) is 38.0 Å². The Balaban J connectivity index is 1.58. The van der Waals surface area contributed by atoms with Crippen molar-refractivity contribution in [2.24, 2.45) is 0 Å². The largest absolute Gasteiger partial charge is 0.496 e. The summed E-state index contributed by atoms with van der Waals surface area (Å²) in [5.74, 6) is 2.74. The van der Waals surface area contributed by atoms with E-state index in [0.29, 0.717) is 0 Å². The Labute approximate surface area is 184 Å². The van der Waals surface area contributed by atoms with E-state index in [1.165, 1.54) is 11.1 Å². The van der Waals surface area contributed by atoms with E-state index in [2.05, 4.69) is 24.0 Å². The number of aromatic nitrogens is 2. The van der Waals surface area contributed by atoms with Crippen molar-refractivity contribution >= 4 is 11.7 Å². The standard InChI is InChI=1S/C24H32N4O3/c1-17-19-9-6-13-27(15-12-18-8-4-5-11-21(18)31-3)24(19)26-23(25-17)20-10-7-14-28(20)22(29)16-30-2/h4-5,8,11,20H,6-7,9-10,12-16H2,1-3H3. The van der Waals surface area contributed by atoms with Crippen LogP contribution in [0.15, 0.2) is 24.3 Å². The zero-order valence-electron chi connectivity index (χ0n) is 18.8. The second-order valence-electron chi connectivity index (χ2n) is 8.30. The predicted molar refractivity (Wildman–Crippen MR) is 120 cm³/mol.